The fraction of sp³-hybridized carbons (Fsp3) is 0.286. The van der Waals surface area contributed by atoms with Crippen molar-refractivity contribution >= 4 is 28.1 Å². The highest BCUT2D eigenvalue weighted by Crippen LogP contribution is 2.31. The summed E-state index contributed by atoms with van der Waals surface area (Å²) >= 11 is 0. The Morgan fingerprint density at radius 2 is 2.05 bits per heavy atom. The molecular weight excluding hydrogens is 272 g/mol. The number of anilines is 1. The average molecular weight is 288 g/mol. The first kappa shape index (κ1) is 14.7. The van der Waals surface area contributed by atoms with Crippen LogP contribution in [0.1, 0.15) is 13.8 Å². The molecule has 0 aliphatic rings. The van der Waals surface area contributed by atoms with E-state index >= 15 is 0 Å². The Hall–Kier alpha value is -2.70. The molecule has 0 spiro atoms. The SMILES string of the molecule is CC(C)C(Nc1ccc([N+](=O)[O-])c2ccncc12)C(N)=O. The Morgan fingerprint density at radius 1 is 1.33 bits per heavy atom. The molecule has 21 heavy (non-hydrogen) atoms. The van der Waals surface area contributed by atoms with Crippen LogP contribution in [-0.2, 0) is 4.79 Å². The number of carbonyl (C=O) groups is 1. The molecule has 1 aromatic carbocycles. The molecule has 0 fully saturated rings. The topological polar surface area (TPSA) is 111 Å². The number of nitrogens with one attached hydrogen (secondary N) is 1. The van der Waals surface area contributed by atoms with E-state index in [1.54, 1.807) is 12.1 Å². The van der Waals surface area contributed by atoms with Gasteiger partial charge in [0.2, 0.25) is 5.91 Å². The van der Waals surface area contributed by atoms with Gasteiger partial charge in [0.25, 0.3) is 5.69 Å². The molecule has 3 N–H and O–H groups in total. The lowest BCUT2D eigenvalue weighted by atomic mass is 10.0. The molecule has 1 unspecified atom stereocenters. The van der Waals surface area contributed by atoms with E-state index in [0.717, 1.165) is 0 Å². The van der Waals surface area contributed by atoms with E-state index in [0.29, 0.717) is 16.5 Å². The Labute approximate surface area is 121 Å². The van der Waals surface area contributed by atoms with Crippen molar-refractivity contribution in [2.45, 2.75) is 19.9 Å². The Kier molecular flexibility index (Phi) is 4.02. The zero-order valence-corrected chi connectivity index (χ0v) is 11.7. The van der Waals surface area contributed by atoms with Crippen LogP contribution in [0.4, 0.5) is 11.4 Å². The number of benzene rings is 1. The average Bonchev–Trinajstić information content (AvgIpc) is 2.43. The maximum Gasteiger partial charge on any atom is 0.277 e. The molecule has 0 saturated carbocycles. The Bertz CT molecular complexity index is 700. The second-order valence-corrected chi connectivity index (χ2v) is 5.08. The van der Waals surface area contributed by atoms with Gasteiger partial charge >= 0.3 is 0 Å². The van der Waals surface area contributed by atoms with Crippen molar-refractivity contribution in [1.82, 2.24) is 4.98 Å². The first-order valence-electron chi connectivity index (χ1n) is 6.48. The molecule has 110 valence electrons. The molecule has 0 radical (unpaired) electrons. The van der Waals surface area contributed by atoms with Crippen molar-refractivity contribution in [3.8, 4) is 0 Å². The van der Waals surface area contributed by atoms with Crippen LogP contribution in [0.15, 0.2) is 30.6 Å². The summed E-state index contributed by atoms with van der Waals surface area (Å²) in [5.41, 5.74) is 5.98. The summed E-state index contributed by atoms with van der Waals surface area (Å²) in [5.74, 6) is -0.482. The van der Waals surface area contributed by atoms with Crippen LogP contribution in [0.5, 0.6) is 0 Å². The van der Waals surface area contributed by atoms with Crippen LogP contribution in [0.2, 0.25) is 0 Å². The summed E-state index contributed by atoms with van der Waals surface area (Å²) in [6.45, 7) is 3.74. The van der Waals surface area contributed by atoms with Gasteiger partial charge in [-0.15, -0.1) is 0 Å². The predicted octanol–water partition coefficient (Wildman–Crippen LogP) is 2.06. The molecule has 2 rings (SSSR count). The van der Waals surface area contributed by atoms with Crippen molar-refractivity contribution in [3.63, 3.8) is 0 Å². The minimum Gasteiger partial charge on any atom is -0.373 e. The molecule has 1 heterocycles. The van der Waals surface area contributed by atoms with Crippen molar-refractivity contribution in [1.29, 1.82) is 0 Å². The van der Waals surface area contributed by atoms with Crippen LogP contribution >= 0.6 is 0 Å². The third-order valence-corrected chi connectivity index (χ3v) is 3.28. The van der Waals surface area contributed by atoms with Gasteiger partial charge in [-0.05, 0) is 18.1 Å². The van der Waals surface area contributed by atoms with E-state index < -0.39 is 16.9 Å². The van der Waals surface area contributed by atoms with Crippen LogP contribution in [-0.4, -0.2) is 21.9 Å². The number of pyridine rings is 1. The number of nitro groups is 1. The fourth-order valence-electron chi connectivity index (χ4n) is 2.19. The quantitative estimate of drug-likeness (QED) is 0.646. The molecule has 0 bridgehead atoms. The van der Waals surface area contributed by atoms with Gasteiger partial charge in [-0.3, -0.25) is 19.9 Å². The molecule has 1 aromatic heterocycles. The molecule has 0 saturated heterocycles. The lowest BCUT2D eigenvalue weighted by molar-refractivity contribution is -0.383. The zero-order chi connectivity index (χ0) is 15.6. The number of nitrogens with zero attached hydrogens (tertiary/aromatic N) is 2. The molecule has 7 heteroatoms. The third kappa shape index (κ3) is 2.91. The zero-order valence-electron chi connectivity index (χ0n) is 11.7. The number of non-ortho nitro benzene ring substituents is 1. The lowest BCUT2D eigenvalue weighted by Crippen LogP contribution is -2.39. The summed E-state index contributed by atoms with van der Waals surface area (Å²) in [6, 6.07) is 3.99. The van der Waals surface area contributed by atoms with Crippen molar-refractivity contribution in [3.05, 3.63) is 40.7 Å². The van der Waals surface area contributed by atoms with Gasteiger partial charge in [0.1, 0.15) is 6.04 Å². The summed E-state index contributed by atoms with van der Waals surface area (Å²) in [7, 11) is 0. The second-order valence-electron chi connectivity index (χ2n) is 5.08. The van der Waals surface area contributed by atoms with Gasteiger partial charge in [0.15, 0.2) is 0 Å². The first-order valence-corrected chi connectivity index (χ1v) is 6.48. The smallest absolute Gasteiger partial charge is 0.277 e. The van der Waals surface area contributed by atoms with Crippen LogP contribution in [0.3, 0.4) is 0 Å². The highest BCUT2D eigenvalue weighted by Gasteiger charge is 2.21. The number of aromatic nitrogens is 1. The highest BCUT2D eigenvalue weighted by molar-refractivity contribution is 6.00. The molecule has 7 nitrogen and oxygen atoms in total. The number of carbonyl (C=O) groups excluding carboxylic acids is 1. The highest BCUT2D eigenvalue weighted by atomic mass is 16.6. The van der Waals surface area contributed by atoms with E-state index in [9.17, 15) is 14.9 Å². The van der Waals surface area contributed by atoms with E-state index in [2.05, 4.69) is 10.3 Å². The van der Waals surface area contributed by atoms with Gasteiger partial charge in [0.05, 0.1) is 10.3 Å². The molecule has 2 aromatic rings. The normalized spacial score (nSPS) is 12.3. The van der Waals surface area contributed by atoms with Gasteiger partial charge in [-0.25, -0.2) is 0 Å². The van der Waals surface area contributed by atoms with Crippen molar-refractivity contribution in [2.75, 3.05) is 5.32 Å². The van der Waals surface area contributed by atoms with Gasteiger partial charge in [0, 0.05) is 29.5 Å². The summed E-state index contributed by atoms with van der Waals surface area (Å²) in [4.78, 5) is 26.1. The number of nitro benzene ring substituents is 1. The Morgan fingerprint density at radius 3 is 2.62 bits per heavy atom. The third-order valence-electron chi connectivity index (χ3n) is 3.28. The molecule has 0 aliphatic heterocycles. The van der Waals surface area contributed by atoms with Gasteiger partial charge < -0.3 is 11.1 Å². The fourth-order valence-corrected chi connectivity index (χ4v) is 2.19. The molecule has 0 aliphatic carbocycles. The van der Waals surface area contributed by atoms with Gasteiger partial charge in [-0.2, -0.15) is 0 Å². The minimum absolute atomic E-state index is 0.00174. The first-order chi connectivity index (χ1) is 9.91. The molecule has 1 atom stereocenters. The number of primary amides is 1. The number of nitrogens with two attached hydrogens (primary N) is 1. The maximum absolute atomic E-state index is 11.5. The van der Waals surface area contributed by atoms with E-state index in [4.69, 9.17) is 5.73 Å². The van der Waals surface area contributed by atoms with E-state index in [1.807, 2.05) is 13.8 Å². The van der Waals surface area contributed by atoms with Crippen molar-refractivity contribution < 1.29 is 9.72 Å². The monoisotopic (exact) mass is 288 g/mol. The largest absolute Gasteiger partial charge is 0.373 e. The molecular formula is C14H16N4O3. The summed E-state index contributed by atoms with van der Waals surface area (Å²) in [5, 5.41) is 15.2. The predicted molar refractivity (Wildman–Crippen MR) is 79.8 cm³/mol. The lowest BCUT2D eigenvalue weighted by Gasteiger charge is -2.21. The number of amides is 1. The van der Waals surface area contributed by atoms with Crippen LogP contribution in [0.25, 0.3) is 10.8 Å². The number of hydrogen-bond donors (Lipinski definition) is 2. The van der Waals surface area contributed by atoms with Crippen LogP contribution in [0, 0.1) is 16.0 Å². The standard InChI is InChI=1S/C14H16N4O3/c1-8(2)13(14(15)19)17-11-3-4-12(18(20)21)9-5-6-16-7-10(9)11/h3-8,13,17H,1-2H3,(H2,15,19). The summed E-state index contributed by atoms with van der Waals surface area (Å²) in [6.07, 6.45) is 3.02. The maximum atomic E-state index is 11.5. The van der Waals surface area contributed by atoms with Crippen molar-refractivity contribution in [2.24, 2.45) is 11.7 Å². The number of hydrogen-bond acceptors (Lipinski definition) is 5. The second kappa shape index (κ2) is 5.74. The van der Waals surface area contributed by atoms with E-state index in [-0.39, 0.29) is 11.6 Å². The summed E-state index contributed by atoms with van der Waals surface area (Å²) < 4.78 is 0. The Balaban J connectivity index is 2.53. The van der Waals surface area contributed by atoms with E-state index in [1.165, 1.54) is 18.5 Å². The molecule has 1 amide bonds. The minimum atomic E-state index is -0.560. The van der Waals surface area contributed by atoms with Crippen LogP contribution < -0.4 is 11.1 Å². The number of fused-ring (bicyclic) bond motifs is 1. The van der Waals surface area contributed by atoms with Gasteiger partial charge in [-0.1, -0.05) is 13.8 Å². The number of rotatable bonds is 5.